The van der Waals surface area contributed by atoms with Gasteiger partial charge in [-0.25, -0.2) is 0 Å². The maximum atomic E-state index is 5.16. The van der Waals surface area contributed by atoms with E-state index in [0.717, 1.165) is 42.3 Å². The third-order valence-electron chi connectivity index (χ3n) is 32.9. The molecule has 0 fully saturated rings. The summed E-state index contributed by atoms with van der Waals surface area (Å²) in [6.07, 6.45) is 80.0. The Morgan fingerprint density at radius 2 is 0.421 bits per heavy atom. The Morgan fingerprint density at radius 3 is 0.693 bits per heavy atom. The van der Waals surface area contributed by atoms with Gasteiger partial charge in [-0.3, -0.25) is 0 Å². The average molecular weight is 1920 g/mol. The summed E-state index contributed by atoms with van der Waals surface area (Å²) in [5, 5.41) is 4.50. The number of unbranched alkanes of at least 4 members (excludes halogenated alkanes) is 42. The summed E-state index contributed by atoms with van der Waals surface area (Å²) < 4.78 is 10.2. The van der Waals surface area contributed by atoms with E-state index in [4.69, 9.17) is 8.75 Å². The highest BCUT2D eigenvalue weighted by molar-refractivity contribution is 7.11. The van der Waals surface area contributed by atoms with Gasteiger partial charge in [0.05, 0.1) is 11.7 Å². The van der Waals surface area contributed by atoms with Gasteiger partial charge < -0.3 is 0 Å². The average Bonchev–Trinajstić information content (AvgIpc) is 1.55. The van der Waals surface area contributed by atoms with Crippen LogP contribution >= 0.6 is 34.4 Å². The second-order valence-corrected chi connectivity index (χ2v) is 45.2. The number of nitrogens with zero attached hydrogens (tertiary/aromatic N) is 2. The van der Waals surface area contributed by atoms with Crippen molar-refractivity contribution < 1.29 is 0 Å². The van der Waals surface area contributed by atoms with Crippen molar-refractivity contribution in [3.05, 3.63) is 283 Å². The molecule has 0 saturated carbocycles. The quantitative estimate of drug-likeness (QED) is 0.0355. The minimum Gasteiger partial charge on any atom is -0.172 e. The van der Waals surface area contributed by atoms with Gasteiger partial charge in [0.25, 0.3) is 0 Å². The van der Waals surface area contributed by atoms with Crippen LogP contribution in [0.1, 0.15) is 443 Å². The largest absolute Gasteiger partial charge is 0.172 e. The topological polar surface area (TPSA) is 25.8 Å². The number of rotatable bonds is 64. The summed E-state index contributed by atoms with van der Waals surface area (Å²) >= 11 is 5.03. The first kappa shape index (κ1) is 104. The van der Waals surface area contributed by atoms with Gasteiger partial charge in [-0.15, -0.1) is 22.7 Å². The predicted molar refractivity (Wildman–Crippen MR) is 619 cm³/mol. The summed E-state index contributed by atoms with van der Waals surface area (Å²) in [4.78, 5) is 2.55. The molecule has 13 aromatic rings. The smallest absolute Gasteiger partial charge is 0.113 e. The molecule has 0 aliphatic heterocycles. The molecule has 736 valence electrons. The molecule has 3 heterocycles. The van der Waals surface area contributed by atoms with Crippen molar-refractivity contribution in [1.29, 1.82) is 0 Å². The highest BCUT2D eigenvalue weighted by Crippen LogP contribution is 2.61. The molecule has 0 radical (unpaired) electrons. The molecule has 5 heteroatoms. The normalized spacial score (nSPS) is 13.6. The lowest BCUT2D eigenvalue weighted by molar-refractivity contribution is 0.397. The number of benzene rings is 10. The summed E-state index contributed by atoms with van der Waals surface area (Å²) in [5.41, 5.74) is 37.6. The van der Waals surface area contributed by atoms with E-state index >= 15 is 0 Å². The molecule has 0 unspecified atom stereocenters. The van der Waals surface area contributed by atoms with E-state index in [-0.39, 0.29) is 16.2 Å². The van der Waals surface area contributed by atoms with Crippen LogP contribution in [0.4, 0.5) is 0 Å². The van der Waals surface area contributed by atoms with Crippen molar-refractivity contribution in [2.24, 2.45) is 0 Å². The third kappa shape index (κ3) is 25.8. The van der Waals surface area contributed by atoms with Crippen molar-refractivity contribution >= 4 is 69.7 Å². The van der Waals surface area contributed by atoms with E-state index in [1.807, 2.05) is 22.7 Å². The number of thiophene rings is 2. The maximum absolute atomic E-state index is 5.16. The Morgan fingerprint density at radius 1 is 0.193 bits per heavy atom. The standard InChI is InChI=1S/C135H168N2S3/c1-7-13-19-25-31-37-43-55-87-133(88-56-44-38-32-26-20-14-8-2)125-97-105(103-63-51-49-52-64-103)71-79-117(125)118-80-72-106(98-126(118)133)107-73-81-119-121-83-75-111(101-129(121)134(127(119)99-107,89-57-45-39-33-27-21-15-9-3)90-58-46-40-34-28-22-16-10-4)123-95-109(70-78-114-68-62-94-139-114)124(96-108(123)69-77-113-67-61-93-138-113)112-76-84-122-120-82-74-110(116-86-85-115(104-65-53-50-54-66-104)131-132(116)137-140-136-131)100-128(120)135(130(122)102-112,91-59-47-41-35-29-23-17-11-5)92-60-48-42-36-30-24-18-12-6/h49-54,61-86,93-102H,7-48,55-60,87-92H2,1-6H3/b77-69+,78-70+. The Kier molecular flexibility index (Phi) is 40.0. The third-order valence-corrected chi connectivity index (χ3v) is 35.1. The van der Waals surface area contributed by atoms with Crippen LogP contribution in [0.15, 0.2) is 229 Å². The van der Waals surface area contributed by atoms with E-state index in [1.54, 1.807) is 22.3 Å². The molecule has 3 aliphatic carbocycles. The second kappa shape index (κ2) is 54.0. The van der Waals surface area contributed by atoms with Crippen molar-refractivity contribution in [2.75, 3.05) is 0 Å². The number of aromatic nitrogens is 2. The van der Waals surface area contributed by atoms with Crippen LogP contribution in [0.3, 0.4) is 0 Å². The van der Waals surface area contributed by atoms with Crippen LogP contribution in [0.2, 0.25) is 0 Å². The van der Waals surface area contributed by atoms with Crippen LogP contribution < -0.4 is 0 Å². The summed E-state index contributed by atoms with van der Waals surface area (Å²) in [7, 11) is 0. The van der Waals surface area contributed by atoms with Crippen LogP contribution in [0.5, 0.6) is 0 Å². The number of hydrogen-bond acceptors (Lipinski definition) is 5. The zero-order chi connectivity index (χ0) is 96.2. The minimum atomic E-state index is -0.190. The Balaban J connectivity index is 0.834. The fraction of sp³-hybridized carbons (Fsp3) is 0.467. The van der Waals surface area contributed by atoms with Gasteiger partial charge in [0.15, 0.2) is 0 Å². The van der Waals surface area contributed by atoms with Gasteiger partial charge in [-0.1, -0.05) is 520 Å². The highest BCUT2D eigenvalue weighted by atomic mass is 32.1. The van der Waals surface area contributed by atoms with Crippen LogP contribution in [-0.2, 0) is 16.2 Å². The molecule has 140 heavy (non-hydrogen) atoms. The Hall–Kier alpha value is -9.10. The van der Waals surface area contributed by atoms with Crippen LogP contribution in [0, 0.1) is 0 Å². The van der Waals surface area contributed by atoms with E-state index in [0.29, 0.717) is 0 Å². The fourth-order valence-electron chi connectivity index (χ4n) is 25.0. The molecular formula is C135H168N2S3. The minimum absolute atomic E-state index is 0.0674. The molecule has 0 spiro atoms. The van der Waals surface area contributed by atoms with Gasteiger partial charge in [0, 0.05) is 37.1 Å². The molecule has 2 nitrogen and oxygen atoms in total. The van der Waals surface area contributed by atoms with Gasteiger partial charge >= 0.3 is 0 Å². The first-order valence-corrected chi connectivity index (χ1v) is 59.6. The molecule has 0 N–H and O–H groups in total. The van der Waals surface area contributed by atoms with E-state index < -0.39 is 0 Å². The SMILES string of the molecule is CCCCCCCCCCC1(CCCCCCCCCC)c2cc(-c3ccccc3)ccc2-c2ccc(-c3ccc4c(c3)C(CCCCCCCCCC)(CCCCCCCCCC)c3cc(-c5cc(/C=C/c6cccs6)c(-c6ccc7c(c6)C(CCCCCCCCCC)(CCCCCCCCCC)c6cc(-c8ccc(-c9ccccc9)c9nsnc89)ccc6-7)cc5/C=C/c5cccs5)ccc3-4)cc21. The lowest BCUT2D eigenvalue weighted by Crippen LogP contribution is -2.26. The molecular weight excluding hydrogens is 1750 g/mol. The highest BCUT2D eigenvalue weighted by Gasteiger charge is 2.47. The molecule has 3 aromatic heterocycles. The second-order valence-electron chi connectivity index (χ2n) is 42.7. The molecule has 0 bridgehead atoms. The van der Waals surface area contributed by atoms with E-state index in [2.05, 4.69) is 295 Å². The fourth-order valence-corrected chi connectivity index (χ4v) is 26.8. The monoisotopic (exact) mass is 1910 g/mol. The molecule has 0 amide bonds. The Bertz CT molecular complexity index is 5950. The van der Waals surface area contributed by atoms with Gasteiger partial charge in [0.1, 0.15) is 11.0 Å². The Labute approximate surface area is 859 Å². The first-order valence-electron chi connectivity index (χ1n) is 57.1. The number of hydrogen-bond donors (Lipinski definition) is 0. The van der Waals surface area contributed by atoms with Crippen LogP contribution in [0.25, 0.3) is 135 Å². The van der Waals surface area contributed by atoms with Gasteiger partial charge in [0.2, 0.25) is 0 Å². The molecule has 16 rings (SSSR count). The molecule has 0 atom stereocenters. The van der Waals surface area contributed by atoms with E-state index in [9.17, 15) is 0 Å². The zero-order valence-electron chi connectivity index (χ0n) is 87.1. The molecule has 3 aliphatic rings. The summed E-state index contributed by atoms with van der Waals surface area (Å²) in [6, 6.07) is 88.2. The van der Waals surface area contributed by atoms with Crippen molar-refractivity contribution in [2.45, 2.75) is 405 Å². The summed E-state index contributed by atoms with van der Waals surface area (Å²) in [5.74, 6) is 0. The molecule has 10 aromatic carbocycles. The lowest BCUT2D eigenvalue weighted by Gasteiger charge is -2.34. The predicted octanol–water partition coefficient (Wildman–Crippen LogP) is 44.1. The zero-order valence-corrected chi connectivity index (χ0v) is 89.5. The van der Waals surface area contributed by atoms with Crippen LogP contribution in [-0.4, -0.2) is 8.75 Å². The van der Waals surface area contributed by atoms with E-state index in [1.165, 1.54) is 459 Å². The number of fused-ring (bicyclic) bond motifs is 10. The lowest BCUT2D eigenvalue weighted by atomic mass is 9.69. The first-order chi connectivity index (χ1) is 69.2. The van der Waals surface area contributed by atoms with Crippen molar-refractivity contribution in [1.82, 2.24) is 8.75 Å². The van der Waals surface area contributed by atoms with Crippen molar-refractivity contribution in [3.63, 3.8) is 0 Å². The van der Waals surface area contributed by atoms with Gasteiger partial charge in [-0.05, 0) is 256 Å². The summed E-state index contributed by atoms with van der Waals surface area (Å²) in [6.45, 7) is 14.1. The maximum Gasteiger partial charge on any atom is 0.113 e. The van der Waals surface area contributed by atoms with Gasteiger partial charge in [-0.2, -0.15) is 8.75 Å². The van der Waals surface area contributed by atoms with Crippen molar-refractivity contribution in [3.8, 4) is 100 Å². The molecule has 0 saturated heterocycles.